The zero-order chi connectivity index (χ0) is 11.5. The van der Waals surface area contributed by atoms with E-state index >= 15 is 0 Å². The number of rotatable bonds is 3. The van der Waals surface area contributed by atoms with Gasteiger partial charge in [-0.25, -0.2) is 4.79 Å². The molecule has 0 radical (unpaired) electrons. The summed E-state index contributed by atoms with van der Waals surface area (Å²) in [5.41, 5.74) is 4.09. The van der Waals surface area contributed by atoms with Crippen LogP contribution in [-0.4, -0.2) is 29.1 Å². The number of carboxylic acids is 1. The summed E-state index contributed by atoms with van der Waals surface area (Å²) in [7, 11) is 0. The van der Waals surface area contributed by atoms with E-state index < -0.39 is 17.4 Å². The first kappa shape index (κ1) is 12.0. The molecule has 86 valence electrons. The van der Waals surface area contributed by atoms with E-state index in [4.69, 9.17) is 10.8 Å². The smallest absolute Gasteiger partial charge is 0.329 e. The molecule has 5 heteroatoms. The highest BCUT2D eigenvalue weighted by atomic mass is 16.4. The fourth-order valence-corrected chi connectivity index (χ4v) is 1.97. The highest BCUT2D eigenvalue weighted by Crippen LogP contribution is 2.32. The molecule has 0 bridgehead atoms. The predicted molar refractivity (Wildman–Crippen MR) is 55.2 cm³/mol. The molecule has 1 aliphatic carbocycles. The molecule has 1 rings (SSSR count). The summed E-state index contributed by atoms with van der Waals surface area (Å²) in [5.74, 6) is -0.810. The molecule has 1 aliphatic rings. The third-order valence-corrected chi connectivity index (χ3v) is 3.10. The zero-order valence-corrected chi connectivity index (χ0v) is 8.95. The largest absolute Gasteiger partial charge is 0.480 e. The number of aliphatic carboxylic acids is 1. The van der Waals surface area contributed by atoms with Gasteiger partial charge in [0.1, 0.15) is 5.54 Å². The number of hydrogen-bond acceptors (Lipinski definition) is 3. The van der Waals surface area contributed by atoms with E-state index in [2.05, 4.69) is 12.2 Å². The van der Waals surface area contributed by atoms with E-state index in [1.165, 1.54) is 0 Å². The van der Waals surface area contributed by atoms with Gasteiger partial charge < -0.3 is 16.2 Å². The molecule has 0 spiro atoms. The number of carboxylic acid groups (broad SMARTS) is 1. The van der Waals surface area contributed by atoms with Crippen molar-refractivity contribution in [3.8, 4) is 0 Å². The van der Waals surface area contributed by atoms with E-state index in [1.54, 1.807) is 0 Å². The van der Waals surface area contributed by atoms with Crippen molar-refractivity contribution in [2.45, 2.75) is 38.1 Å². The molecule has 0 heterocycles. The van der Waals surface area contributed by atoms with Crippen LogP contribution in [-0.2, 0) is 9.59 Å². The summed E-state index contributed by atoms with van der Waals surface area (Å²) in [6.07, 6.45) is 2.65. The van der Waals surface area contributed by atoms with Crippen molar-refractivity contribution in [1.29, 1.82) is 0 Å². The van der Waals surface area contributed by atoms with Crippen molar-refractivity contribution in [3.63, 3.8) is 0 Å². The lowest BCUT2D eigenvalue weighted by molar-refractivity contribution is -0.149. The minimum absolute atomic E-state index is 0.162. The number of carbonyl (C=O) groups is 2. The van der Waals surface area contributed by atoms with Crippen LogP contribution in [0.3, 0.4) is 0 Å². The Balaban J connectivity index is 2.71. The molecule has 1 amide bonds. The maximum absolute atomic E-state index is 11.2. The fraction of sp³-hybridized carbons (Fsp3) is 0.800. The Morgan fingerprint density at radius 2 is 2.00 bits per heavy atom. The van der Waals surface area contributed by atoms with Crippen molar-refractivity contribution in [2.75, 3.05) is 6.54 Å². The minimum Gasteiger partial charge on any atom is -0.480 e. The highest BCUT2D eigenvalue weighted by molar-refractivity contribution is 5.87. The summed E-state index contributed by atoms with van der Waals surface area (Å²) < 4.78 is 0. The second-order valence-corrected chi connectivity index (χ2v) is 4.32. The van der Waals surface area contributed by atoms with Gasteiger partial charge in [-0.1, -0.05) is 6.92 Å². The van der Waals surface area contributed by atoms with Crippen molar-refractivity contribution in [2.24, 2.45) is 11.7 Å². The van der Waals surface area contributed by atoms with Gasteiger partial charge in [0.05, 0.1) is 6.54 Å². The summed E-state index contributed by atoms with van der Waals surface area (Å²) in [6, 6.07) is 0. The Labute approximate surface area is 89.0 Å². The Morgan fingerprint density at radius 3 is 2.40 bits per heavy atom. The Hall–Kier alpha value is -1.10. The molecule has 0 saturated heterocycles. The predicted octanol–water partition coefficient (Wildman–Crippen LogP) is 0.0948. The molecule has 0 atom stereocenters. The number of carbonyl (C=O) groups excluding carboxylic acids is 1. The average molecular weight is 214 g/mol. The molecule has 0 unspecified atom stereocenters. The zero-order valence-electron chi connectivity index (χ0n) is 8.95. The second kappa shape index (κ2) is 4.61. The highest BCUT2D eigenvalue weighted by Gasteiger charge is 2.42. The van der Waals surface area contributed by atoms with Crippen molar-refractivity contribution >= 4 is 11.9 Å². The first-order valence-corrected chi connectivity index (χ1v) is 5.24. The molecule has 4 N–H and O–H groups in total. The van der Waals surface area contributed by atoms with Gasteiger partial charge in [-0.2, -0.15) is 0 Å². The quantitative estimate of drug-likeness (QED) is 0.621. The van der Waals surface area contributed by atoms with Crippen molar-refractivity contribution in [1.82, 2.24) is 5.32 Å². The lowest BCUT2D eigenvalue weighted by Gasteiger charge is -2.36. The third-order valence-electron chi connectivity index (χ3n) is 3.10. The van der Waals surface area contributed by atoms with E-state index in [0.29, 0.717) is 18.8 Å². The first-order valence-electron chi connectivity index (χ1n) is 5.24. The van der Waals surface area contributed by atoms with Crippen LogP contribution in [0.4, 0.5) is 0 Å². The van der Waals surface area contributed by atoms with Crippen LogP contribution in [0.25, 0.3) is 0 Å². The van der Waals surface area contributed by atoms with Gasteiger partial charge in [-0.05, 0) is 31.6 Å². The number of amides is 1. The molecule has 15 heavy (non-hydrogen) atoms. The van der Waals surface area contributed by atoms with Crippen LogP contribution >= 0.6 is 0 Å². The second-order valence-electron chi connectivity index (χ2n) is 4.32. The standard InChI is InChI=1S/C10H18N2O3/c1-7-2-4-10(5-3-7,9(14)15)12-8(13)6-11/h7H,2-6,11H2,1H3,(H,12,13)(H,14,15). The van der Waals surface area contributed by atoms with Gasteiger partial charge in [0.2, 0.25) is 5.91 Å². The van der Waals surface area contributed by atoms with Crippen LogP contribution in [0.5, 0.6) is 0 Å². The molecule has 1 fully saturated rings. The minimum atomic E-state index is -1.08. The van der Waals surface area contributed by atoms with Gasteiger partial charge in [0, 0.05) is 0 Å². The number of hydrogen-bond donors (Lipinski definition) is 3. The van der Waals surface area contributed by atoms with Crippen molar-refractivity contribution < 1.29 is 14.7 Å². The summed E-state index contributed by atoms with van der Waals surface area (Å²) >= 11 is 0. The number of nitrogens with one attached hydrogen (secondary N) is 1. The van der Waals surface area contributed by atoms with E-state index in [9.17, 15) is 9.59 Å². The van der Waals surface area contributed by atoms with Gasteiger partial charge in [0.15, 0.2) is 0 Å². The molecule has 0 aromatic rings. The Morgan fingerprint density at radius 1 is 1.47 bits per heavy atom. The summed E-state index contributed by atoms with van der Waals surface area (Å²) in [5, 5.41) is 11.7. The normalized spacial score (nSPS) is 30.9. The SMILES string of the molecule is CC1CCC(NC(=O)CN)(C(=O)O)CC1. The lowest BCUT2D eigenvalue weighted by atomic mass is 9.77. The average Bonchev–Trinajstić information content (AvgIpc) is 2.21. The molecule has 0 aliphatic heterocycles. The monoisotopic (exact) mass is 214 g/mol. The van der Waals surface area contributed by atoms with Crippen LogP contribution in [0.15, 0.2) is 0 Å². The van der Waals surface area contributed by atoms with Gasteiger partial charge in [-0.3, -0.25) is 4.79 Å². The third kappa shape index (κ3) is 2.68. The van der Waals surface area contributed by atoms with E-state index in [1.807, 2.05) is 0 Å². The van der Waals surface area contributed by atoms with Crippen LogP contribution < -0.4 is 11.1 Å². The number of nitrogens with two attached hydrogens (primary N) is 1. The Bertz CT molecular complexity index is 257. The van der Waals surface area contributed by atoms with E-state index in [-0.39, 0.29) is 6.54 Å². The molecule has 0 aromatic carbocycles. The van der Waals surface area contributed by atoms with Crippen LogP contribution in [0.2, 0.25) is 0 Å². The van der Waals surface area contributed by atoms with Gasteiger partial charge in [-0.15, -0.1) is 0 Å². The maximum atomic E-state index is 11.2. The topological polar surface area (TPSA) is 92.4 Å². The molecule has 5 nitrogen and oxygen atoms in total. The Kier molecular flexibility index (Phi) is 3.68. The molecule has 1 saturated carbocycles. The van der Waals surface area contributed by atoms with Crippen LogP contribution in [0, 0.1) is 5.92 Å². The first-order chi connectivity index (χ1) is 7.00. The fourth-order valence-electron chi connectivity index (χ4n) is 1.97. The summed E-state index contributed by atoms with van der Waals surface area (Å²) in [4.78, 5) is 22.4. The molecule has 0 aromatic heterocycles. The lowest BCUT2D eigenvalue weighted by Crippen LogP contribution is -2.57. The van der Waals surface area contributed by atoms with Crippen molar-refractivity contribution in [3.05, 3.63) is 0 Å². The van der Waals surface area contributed by atoms with Gasteiger partial charge >= 0.3 is 5.97 Å². The maximum Gasteiger partial charge on any atom is 0.329 e. The molecular formula is C10H18N2O3. The van der Waals surface area contributed by atoms with Crippen LogP contribution in [0.1, 0.15) is 32.6 Å². The summed E-state index contributed by atoms with van der Waals surface area (Å²) in [6.45, 7) is 1.93. The van der Waals surface area contributed by atoms with E-state index in [0.717, 1.165) is 12.8 Å². The van der Waals surface area contributed by atoms with Gasteiger partial charge in [0.25, 0.3) is 0 Å². The molecular weight excluding hydrogens is 196 g/mol.